The molecule has 0 aliphatic carbocycles. The largest absolute Gasteiger partial charge is 0.379 e. The van der Waals surface area contributed by atoms with Crippen molar-refractivity contribution in [3.63, 3.8) is 0 Å². The fourth-order valence-corrected chi connectivity index (χ4v) is 3.46. The molecule has 0 saturated carbocycles. The predicted molar refractivity (Wildman–Crippen MR) is 106 cm³/mol. The maximum atomic E-state index is 12.4. The number of hydrogen-bond acceptors (Lipinski definition) is 5. The van der Waals surface area contributed by atoms with Crippen molar-refractivity contribution in [2.45, 2.75) is 32.7 Å². The molecule has 1 atom stereocenters. The molecule has 2 heterocycles. The molecule has 1 aromatic carbocycles. The zero-order valence-electron chi connectivity index (χ0n) is 16.2. The lowest BCUT2D eigenvalue weighted by molar-refractivity contribution is -0.117. The molecule has 0 radical (unpaired) electrons. The van der Waals surface area contributed by atoms with E-state index in [2.05, 4.69) is 34.7 Å². The van der Waals surface area contributed by atoms with E-state index in [4.69, 9.17) is 4.74 Å². The standard InChI is InChI=1S/C20H30N4O3/c1-14(2)12-18-20(26)23-17-13-15(4-5-16(17)22-18)19(25)21-6-3-7-24-8-10-27-11-9-24/h4-5,13-14,18,22H,3,6-12H2,1-2H3,(H,21,25)(H,23,26)/t18-/m1/s1. The van der Waals surface area contributed by atoms with Gasteiger partial charge in [-0.1, -0.05) is 13.8 Å². The third kappa shape index (κ3) is 5.43. The Morgan fingerprint density at radius 3 is 2.81 bits per heavy atom. The second-order valence-corrected chi connectivity index (χ2v) is 7.64. The molecule has 2 aliphatic heterocycles. The van der Waals surface area contributed by atoms with Gasteiger partial charge in [0.2, 0.25) is 5.91 Å². The lowest BCUT2D eigenvalue weighted by Gasteiger charge is -2.28. The van der Waals surface area contributed by atoms with E-state index < -0.39 is 0 Å². The van der Waals surface area contributed by atoms with E-state index in [1.165, 1.54) is 0 Å². The minimum absolute atomic E-state index is 0.0423. The van der Waals surface area contributed by atoms with Crippen molar-refractivity contribution in [3.8, 4) is 0 Å². The number of rotatable bonds is 7. The number of benzene rings is 1. The fourth-order valence-electron chi connectivity index (χ4n) is 3.46. The summed E-state index contributed by atoms with van der Waals surface area (Å²) >= 11 is 0. The molecule has 3 rings (SSSR count). The highest BCUT2D eigenvalue weighted by atomic mass is 16.5. The first kappa shape index (κ1) is 19.6. The lowest BCUT2D eigenvalue weighted by atomic mass is 10.00. The predicted octanol–water partition coefficient (Wildman–Crippen LogP) is 1.92. The summed E-state index contributed by atoms with van der Waals surface area (Å²) in [4.78, 5) is 27.0. The Bertz CT molecular complexity index is 671. The van der Waals surface area contributed by atoms with Crippen LogP contribution in [0.4, 0.5) is 11.4 Å². The first-order valence-corrected chi connectivity index (χ1v) is 9.82. The van der Waals surface area contributed by atoms with Gasteiger partial charge in [0.1, 0.15) is 6.04 Å². The average Bonchev–Trinajstić information content (AvgIpc) is 2.66. The summed E-state index contributed by atoms with van der Waals surface area (Å²) in [6.07, 6.45) is 1.68. The summed E-state index contributed by atoms with van der Waals surface area (Å²) in [5.41, 5.74) is 2.09. The number of carbonyl (C=O) groups is 2. The first-order chi connectivity index (χ1) is 13.0. The molecule has 1 fully saturated rings. The van der Waals surface area contributed by atoms with Crippen molar-refractivity contribution < 1.29 is 14.3 Å². The monoisotopic (exact) mass is 374 g/mol. The Kier molecular flexibility index (Phi) is 6.68. The van der Waals surface area contributed by atoms with Crippen molar-refractivity contribution in [1.82, 2.24) is 10.2 Å². The maximum absolute atomic E-state index is 12.4. The summed E-state index contributed by atoms with van der Waals surface area (Å²) in [6, 6.07) is 5.18. The van der Waals surface area contributed by atoms with Gasteiger partial charge < -0.3 is 20.7 Å². The molecule has 1 saturated heterocycles. The van der Waals surface area contributed by atoms with Crippen molar-refractivity contribution in [2.75, 3.05) is 50.0 Å². The van der Waals surface area contributed by atoms with Crippen molar-refractivity contribution >= 4 is 23.2 Å². The van der Waals surface area contributed by atoms with E-state index in [1.54, 1.807) is 12.1 Å². The Hall–Kier alpha value is -2.12. The van der Waals surface area contributed by atoms with Gasteiger partial charge in [-0.2, -0.15) is 0 Å². The molecule has 7 heteroatoms. The molecule has 0 unspecified atom stereocenters. The topological polar surface area (TPSA) is 82.7 Å². The van der Waals surface area contributed by atoms with Gasteiger partial charge in [0.05, 0.1) is 24.6 Å². The van der Waals surface area contributed by atoms with Gasteiger partial charge in [0.25, 0.3) is 5.91 Å². The van der Waals surface area contributed by atoms with Gasteiger partial charge in [-0.15, -0.1) is 0 Å². The van der Waals surface area contributed by atoms with Crippen LogP contribution in [0.5, 0.6) is 0 Å². The smallest absolute Gasteiger partial charge is 0.251 e. The zero-order chi connectivity index (χ0) is 19.2. The number of fused-ring (bicyclic) bond motifs is 1. The maximum Gasteiger partial charge on any atom is 0.251 e. The van der Waals surface area contributed by atoms with Gasteiger partial charge in [-0.05, 0) is 43.5 Å². The molecule has 3 N–H and O–H groups in total. The van der Waals surface area contributed by atoms with Crippen LogP contribution in [0.15, 0.2) is 18.2 Å². The van der Waals surface area contributed by atoms with Gasteiger partial charge in [-0.3, -0.25) is 14.5 Å². The van der Waals surface area contributed by atoms with Crippen LogP contribution in [0, 0.1) is 5.92 Å². The zero-order valence-corrected chi connectivity index (χ0v) is 16.2. The molecule has 0 spiro atoms. The third-order valence-corrected chi connectivity index (χ3v) is 4.93. The van der Waals surface area contributed by atoms with Crippen molar-refractivity contribution in [2.24, 2.45) is 5.92 Å². The highest BCUT2D eigenvalue weighted by Crippen LogP contribution is 2.29. The van der Waals surface area contributed by atoms with Gasteiger partial charge >= 0.3 is 0 Å². The fraction of sp³-hybridized carbons (Fsp3) is 0.600. The highest BCUT2D eigenvalue weighted by molar-refractivity contribution is 6.05. The number of nitrogens with one attached hydrogen (secondary N) is 3. The van der Waals surface area contributed by atoms with E-state index in [-0.39, 0.29) is 17.9 Å². The summed E-state index contributed by atoms with van der Waals surface area (Å²) in [6.45, 7) is 9.29. The first-order valence-electron chi connectivity index (χ1n) is 9.82. The van der Waals surface area contributed by atoms with Gasteiger partial charge in [0, 0.05) is 25.2 Å². The molecular formula is C20H30N4O3. The Morgan fingerprint density at radius 1 is 1.30 bits per heavy atom. The Morgan fingerprint density at radius 2 is 2.07 bits per heavy atom. The number of ether oxygens (including phenoxy) is 1. The number of amides is 2. The summed E-state index contributed by atoms with van der Waals surface area (Å²) in [5, 5.41) is 9.16. The summed E-state index contributed by atoms with van der Waals surface area (Å²) in [7, 11) is 0. The lowest BCUT2D eigenvalue weighted by Crippen LogP contribution is -2.40. The average molecular weight is 374 g/mol. The summed E-state index contributed by atoms with van der Waals surface area (Å²) < 4.78 is 5.33. The molecule has 0 bridgehead atoms. The SMILES string of the molecule is CC(C)C[C@H]1Nc2ccc(C(=O)NCCCN3CCOCC3)cc2NC1=O. The number of morpholine rings is 1. The van der Waals surface area contributed by atoms with Crippen molar-refractivity contribution in [1.29, 1.82) is 0 Å². The van der Waals surface area contributed by atoms with Crippen LogP contribution in [0.2, 0.25) is 0 Å². The van der Waals surface area contributed by atoms with Crippen LogP contribution < -0.4 is 16.0 Å². The molecule has 2 amide bonds. The third-order valence-electron chi connectivity index (χ3n) is 4.93. The van der Waals surface area contributed by atoms with E-state index in [9.17, 15) is 9.59 Å². The number of hydrogen-bond donors (Lipinski definition) is 3. The van der Waals surface area contributed by atoms with Gasteiger partial charge in [-0.25, -0.2) is 0 Å². The van der Waals surface area contributed by atoms with E-state index in [0.717, 1.165) is 51.4 Å². The molecule has 148 valence electrons. The Balaban J connectivity index is 1.50. The van der Waals surface area contributed by atoms with Crippen LogP contribution >= 0.6 is 0 Å². The second kappa shape index (κ2) is 9.19. The molecule has 27 heavy (non-hydrogen) atoms. The quantitative estimate of drug-likeness (QED) is 0.635. The van der Waals surface area contributed by atoms with E-state index in [1.807, 2.05) is 6.07 Å². The number of carbonyl (C=O) groups excluding carboxylic acids is 2. The molecule has 0 aromatic heterocycles. The number of nitrogens with zero attached hydrogens (tertiary/aromatic N) is 1. The van der Waals surface area contributed by atoms with E-state index >= 15 is 0 Å². The van der Waals surface area contributed by atoms with Crippen LogP contribution in [0.25, 0.3) is 0 Å². The minimum Gasteiger partial charge on any atom is -0.379 e. The van der Waals surface area contributed by atoms with Crippen molar-refractivity contribution in [3.05, 3.63) is 23.8 Å². The molecule has 1 aromatic rings. The van der Waals surface area contributed by atoms with E-state index in [0.29, 0.717) is 23.7 Å². The molecule has 2 aliphatic rings. The van der Waals surface area contributed by atoms with Crippen LogP contribution in [-0.4, -0.2) is 62.1 Å². The van der Waals surface area contributed by atoms with Crippen LogP contribution in [-0.2, 0) is 9.53 Å². The second-order valence-electron chi connectivity index (χ2n) is 7.64. The molecular weight excluding hydrogens is 344 g/mol. The normalized spacial score (nSPS) is 20.0. The minimum atomic E-state index is -0.225. The van der Waals surface area contributed by atoms with Crippen LogP contribution in [0.1, 0.15) is 37.0 Å². The molecule has 7 nitrogen and oxygen atoms in total. The van der Waals surface area contributed by atoms with Gasteiger partial charge in [0.15, 0.2) is 0 Å². The highest BCUT2D eigenvalue weighted by Gasteiger charge is 2.26. The number of anilines is 2. The van der Waals surface area contributed by atoms with Crippen LogP contribution in [0.3, 0.4) is 0 Å². The Labute approximate surface area is 160 Å². The summed E-state index contributed by atoms with van der Waals surface area (Å²) in [5.74, 6) is 0.273.